The normalized spacial score (nSPS) is 18.7. The Labute approximate surface area is 271 Å². The van der Waals surface area contributed by atoms with Gasteiger partial charge in [-0.2, -0.15) is 0 Å². The van der Waals surface area contributed by atoms with E-state index in [1.807, 2.05) is 60.7 Å². The summed E-state index contributed by atoms with van der Waals surface area (Å²) < 4.78 is 35.6. The van der Waals surface area contributed by atoms with Crippen molar-refractivity contribution in [2.24, 2.45) is 0 Å². The Morgan fingerprint density at radius 1 is 0.804 bits per heavy atom. The summed E-state index contributed by atoms with van der Waals surface area (Å²) in [6.07, 6.45) is -0.654. The van der Waals surface area contributed by atoms with E-state index < -0.39 is 6.10 Å². The number of nitrogens with one attached hydrogen (secondary N) is 1. The lowest BCUT2D eigenvalue weighted by Crippen LogP contribution is -2.51. The summed E-state index contributed by atoms with van der Waals surface area (Å²) in [5.74, 6) is 2.31. The van der Waals surface area contributed by atoms with E-state index in [0.717, 1.165) is 51.1 Å². The molecule has 0 aliphatic carbocycles. The molecule has 1 unspecified atom stereocenters. The van der Waals surface area contributed by atoms with E-state index in [9.17, 15) is 10.2 Å². The molecule has 1 saturated heterocycles. The van der Waals surface area contributed by atoms with E-state index in [2.05, 4.69) is 29.6 Å². The van der Waals surface area contributed by atoms with Gasteiger partial charge in [-0.05, 0) is 46.8 Å². The molecule has 5 rings (SSSR count). The summed E-state index contributed by atoms with van der Waals surface area (Å²) in [5, 5.41) is 24.9. The van der Waals surface area contributed by atoms with Gasteiger partial charge >= 0.3 is 0 Å². The highest BCUT2D eigenvalue weighted by molar-refractivity contribution is 5.89. The monoisotopic (exact) mass is 631 g/mol. The summed E-state index contributed by atoms with van der Waals surface area (Å²) in [4.78, 5) is 0. The first-order valence-corrected chi connectivity index (χ1v) is 15.8. The van der Waals surface area contributed by atoms with Gasteiger partial charge < -0.3 is 44.0 Å². The van der Waals surface area contributed by atoms with Gasteiger partial charge in [0.25, 0.3) is 0 Å². The predicted molar refractivity (Wildman–Crippen MR) is 177 cm³/mol. The highest BCUT2D eigenvalue weighted by Crippen LogP contribution is 2.33. The van der Waals surface area contributed by atoms with Gasteiger partial charge in [-0.15, -0.1) is 0 Å². The molecule has 9 nitrogen and oxygen atoms in total. The molecule has 1 aliphatic rings. The van der Waals surface area contributed by atoms with Crippen molar-refractivity contribution in [3.8, 4) is 17.2 Å². The van der Waals surface area contributed by atoms with Crippen molar-refractivity contribution in [3.05, 3.63) is 102 Å². The number of methoxy groups -OCH3 is 2. The van der Waals surface area contributed by atoms with Crippen LogP contribution in [0.2, 0.25) is 0 Å². The van der Waals surface area contributed by atoms with Gasteiger partial charge in [0.05, 0.1) is 66.1 Å². The summed E-state index contributed by atoms with van der Waals surface area (Å²) in [6.45, 7) is 2.92. The van der Waals surface area contributed by atoms with Crippen molar-refractivity contribution in [1.82, 2.24) is 5.32 Å². The van der Waals surface area contributed by atoms with Crippen molar-refractivity contribution >= 4 is 10.8 Å². The van der Waals surface area contributed by atoms with Crippen LogP contribution in [-0.2, 0) is 27.4 Å². The summed E-state index contributed by atoms with van der Waals surface area (Å²) in [7, 11) is 3.34. The van der Waals surface area contributed by atoms with Crippen LogP contribution in [0.25, 0.3) is 10.8 Å². The Kier molecular flexibility index (Phi) is 12.6. The number of hydrogen-bond acceptors (Lipinski definition) is 9. The Bertz CT molecular complexity index is 1500. The fraction of sp³-hybridized carbons (Fsp3) is 0.405. The zero-order chi connectivity index (χ0) is 32.1. The number of ether oxygens (including phenoxy) is 6. The molecule has 0 bridgehead atoms. The Morgan fingerprint density at radius 2 is 1.54 bits per heavy atom. The van der Waals surface area contributed by atoms with Crippen LogP contribution < -0.4 is 19.5 Å². The molecule has 9 heteroatoms. The van der Waals surface area contributed by atoms with Crippen molar-refractivity contribution in [2.45, 2.75) is 43.9 Å². The number of hydrogen-bond donors (Lipinski definition) is 3. The smallest absolute Gasteiger partial charge is 0.127 e. The van der Waals surface area contributed by atoms with Crippen LogP contribution in [0.4, 0.5) is 0 Å². The maximum absolute atomic E-state index is 9.98. The van der Waals surface area contributed by atoms with Gasteiger partial charge in [-0.3, -0.25) is 0 Å². The van der Waals surface area contributed by atoms with Gasteiger partial charge in [0.2, 0.25) is 0 Å². The molecule has 0 amide bonds. The van der Waals surface area contributed by atoms with E-state index >= 15 is 0 Å². The molecule has 0 saturated carbocycles. The van der Waals surface area contributed by atoms with Crippen LogP contribution >= 0.6 is 0 Å². The highest BCUT2D eigenvalue weighted by atomic mass is 16.5. The largest absolute Gasteiger partial charge is 0.496 e. The second-order valence-corrected chi connectivity index (χ2v) is 11.4. The Morgan fingerprint density at radius 3 is 2.33 bits per heavy atom. The SMILES string of the molecule is COc1ccccc1COCCCOc1ccc([C@@H]2[C@@H](OCc3cc(OC)c4ccccc4c3)CNC[C@H]2OCC(O)CO)cc1. The molecule has 1 heterocycles. The van der Waals surface area contributed by atoms with Crippen molar-refractivity contribution in [2.75, 3.05) is 53.7 Å². The van der Waals surface area contributed by atoms with Crippen LogP contribution in [0.1, 0.15) is 29.0 Å². The van der Waals surface area contributed by atoms with Gasteiger partial charge in [0.1, 0.15) is 23.4 Å². The number of rotatable bonds is 17. The maximum atomic E-state index is 9.98. The molecule has 0 aromatic heterocycles. The highest BCUT2D eigenvalue weighted by Gasteiger charge is 2.36. The maximum Gasteiger partial charge on any atom is 0.127 e. The van der Waals surface area contributed by atoms with E-state index in [4.69, 9.17) is 28.4 Å². The number of aliphatic hydroxyl groups is 2. The van der Waals surface area contributed by atoms with Crippen LogP contribution in [0.5, 0.6) is 17.2 Å². The second-order valence-electron chi connectivity index (χ2n) is 11.4. The molecule has 4 aromatic rings. The molecule has 0 radical (unpaired) electrons. The van der Waals surface area contributed by atoms with Crippen LogP contribution in [-0.4, -0.2) is 82.3 Å². The number of benzene rings is 4. The van der Waals surface area contributed by atoms with Crippen molar-refractivity contribution in [1.29, 1.82) is 0 Å². The van der Waals surface area contributed by atoms with Crippen molar-refractivity contribution < 1.29 is 38.6 Å². The van der Waals surface area contributed by atoms with E-state index in [1.54, 1.807) is 14.2 Å². The Balaban J connectivity index is 1.20. The van der Waals surface area contributed by atoms with Gasteiger partial charge in [-0.1, -0.05) is 54.6 Å². The molecule has 1 fully saturated rings. The molecule has 4 atom stereocenters. The van der Waals surface area contributed by atoms with Gasteiger partial charge in [0, 0.05) is 36.4 Å². The lowest BCUT2D eigenvalue weighted by Gasteiger charge is -2.39. The fourth-order valence-electron chi connectivity index (χ4n) is 5.83. The quantitative estimate of drug-likeness (QED) is 0.141. The van der Waals surface area contributed by atoms with Gasteiger partial charge in [-0.25, -0.2) is 0 Å². The minimum absolute atomic E-state index is 0.0360. The third-order valence-electron chi connectivity index (χ3n) is 8.19. The summed E-state index contributed by atoms with van der Waals surface area (Å²) in [6, 6.07) is 28.2. The topological polar surface area (TPSA) is 108 Å². The molecule has 246 valence electrons. The minimum Gasteiger partial charge on any atom is -0.496 e. The van der Waals surface area contributed by atoms with E-state index in [-0.39, 0.29) is 31.3 Å². The molecular formula is C37H45NO8. The minimum atomic E-state index is -0.943. The number of fused-ring (bicyclic) bond motifs is 1. The van der Waals surface area contributed by atoms with Crippen LogP contribution in [0, 0.1) is 0 Å². The summed E-state index contributed by atoms with van der Waals surface area (Å²) >= 11 is 0. The second kappa shape index (κ2) is 17.3. The molecule has 0 spiro atoms. The molecule has 46 heavy (non-hydrogen) atoms. The first-order chi connectivity index (χ1) is 22.6. The van der Waals surface area contributed by atoms with Gasteiger partial charge in [0.15, 0.2) is 0 Å². The van der Waals surface area contributed by atoms with Crippen LogP contribution in [0.3, 0.4) is 0 Å². The fourth-order valence-corrected chi connectivity index (χ4v) is 5.83. The Hall–Kier alpha value is -3.70. The standard InChI is InChI=1S/C37H45NO8/c1-41-33-11-6-4-9-29(33)24-43-16-7-17-44-31-14-12-27(13-15-31)37-35(20-38-21-36(37)46-25-30(40)22-39)45-23-26-18-28-8-3-5-10-32(28)34(19-26)42-2/h3-6,8-15,18-19,30,35-40H,7,16-17,20-25H2,1-2H3/t30?,35-,36+,37+/m0/s1. The van der Waals surface area contributed by atoms with Crippen LogP contribution in [0.15, 0.2) is 84.9 Å². The average Bonchev–Trinajstić information content (AvgIpc) is 3.11. The number of aliphatic hydroxyl groups excluding tert-OH is 2. The zero-order valence-electron chi connectivity index (χ0n) is 26.6. The van der Waals surface area contributed by atoms with Crippen molar-refractivity contribution in [3.63, 3.8) is 0 Å². The number of piperidine rings is 1. The third kappa shape index (κ3) is 8.97. The lowest BCUT2D eigenvalue weighted by atomic mass is 9.85. The number of para-hydroxylation sites is 1. The zero-order valence-corrected chi connectivity index (χ0v) is 26.6. The third-order valence-corrected chi connectivity index (χ3v) is 8.19. The average molecular weight is 632 g/mol. The molecule has 4 aromatic carbocycles. The molecule has 1 aliphatic heterocycles. The predicted octanol–water partition coefficient (Wildman–Crippen LogP) is 4.85. The first-order valence-electron chi connectivity index (χ1n) is 15.8. The van der Waals surface area contributed by atoms with E-state index in [0.29, 0.717) is 39.5 Å². The summed E-state index contributed by atoms with van der Waals surface area (Å²) in [5.41, 5.74) is 3.09. The lowest BCUT2D eigenvalue weighted by molar-refractivity contribution is -0.0833. The first kappa shape index (κ1) is 33.7. The molecular weight excluding hydrogens is 586 g/mol. The molecule has 3 N–H and O–H groups in total. The van der Waals surface area contributed by atoms with E-state index in [1.165, 1.54) is 0 Å².